The molecule has 46 heavy (non-hydrogen) atoms. The molecule has 2 heterocycles. The lowest BCUT2D eigenvalue weighted by Crippen LogP contribution is -2.28. The number of halogens is 2. The fourth-order valence-electron chi connectivity index (χ4n) is 4.43. The summed E-state index contributed by atoms with van der Waals surface area (Å²) >= 11 is 13.7. The Morgan fingerprint density at radius 3 is 1.43 bits per heavy atom. The van der Waals surface area contributed by atoms with Gasteiger partial charge in [-0.05, 0) is 12.1 Å². The molecule has 14 heteroatoms. The van der Waals surface area contributed by atoms with Crippen LogP contribution in [0.3, 0.4) is 0 Å². The molecule has 0 spiro atoms. The Kier molecular flexibility index (Phi) is 12.4. The number of nitrogens with two attached hydrogens (primary N) is 2. The van der Waals surface area contributed by atoms with Gasteiger partial charge in [0.05, 0.1) is 37.4 Å². The number of hydrogen-bond donors (Lipinski definition) is 4. The summed E-state index contributed by atoms with van der Waals surface area (Å²) < 4.78 is 22.6. The van der Waals surface area contributed by atoms with Crippen LogP contribution in [-0.2, 0) is 35.9 Å². The van der Waals surface area contributed by atoms with Gasteiger partial charge in [-0.1, -0.05) is 59.6 Å². The predicted molar refractivity (Wildman–Crippen MR) is 174 cm³/mol. The fraction of sp³-hybridized carbons (Fsp3) is 0.250. The molecule has 4 rings (SSSR count). The second-order valence-electron chi connectivity index (χ2n) is 9.91. The molecule has 0 aliphatic rings. The lowest BCUT2D eigenvalue weighted by molar-refractivity contribution is -0.118. The summed E-state index contributed by atoms with van der Waals surface area (Å²) in [7, 11) is 3.01. The van der Waals surface area contributed by atoms with Crippen molar-refractivity contribution in [2.24, 2.45) is 11.5 Å². The average Bonchev–Trinajstić information content (AvgIpc) is 3.04. The number of primary amides is 2. The van der Waals surface area contributed by atoms with Gasteiger partial charge >= 0.3 is 0 Å². The molecule has 0 unspecified atom stereocenters. The zero-order chi connectivity index (χ0) is 33.1. The lowest BCUT2D eigenvalue weighted by atomic mass is 10.0. The van der Waals surface area contributed by atoms with Crippen molar-refractivity contribution < 1.29 is 28.5 Å². The minimum atomic E-state index is -0.457. The van der Waals surface area contributed by atoms with Gasteiger partial charge in [-0.25, -0.2) is 0 Å². The van der Waals surface area contributed by atoms with Crippen LogP contribution < -0.4 is 41.0 Å². The van der Waals surface area contributed by atoms with Gasteiger partial charge in [0.15, 0.2) is 0 Å². The van der Waals surface area contributed by atoms with E-state index in [9.17, 15) is 9.59 Å². The molecule has 2 amide bonds. The van der Waals surface area contributed by atoms with Crippen molar-refractivity contribution in [3.05, 3.63) is 93.0 Å². The molecule has 0 bridgehead atoms. The Bertz CT molecular complexity index is 1570. The topological polar surface area (TPSA) is 173 Å². The summed E-state index contributed by atoms with van der Waals surface area (Å²) in [6.45, 7) is 1.07. The van der Waals surface area contributed by atoms with E-state index in [1.165, 1.54) is 14.2 Å². The Morgan fingerprint density at radius 1 is 0.652 bits per heavy atom. The van der Waals surface area contributed by atoms with E-state index < -0.39 is 11.8 Å². The van der Waals surface area contributed by atoms with Crippen LogP contribution in [0.1, 0.15) is 22.3 Å². The van der Waals surface area contributed by atoms with Crippen LogP contribution in [0, 0.1) is 0 Å². The molecular weight excluding hydrogens is 635 g/mol. The minimum Gasteiger partial charge on any atom is -0.481 e. The predicted octanol–water partition coefficient (Wildman–Crippen LogP) is 3.78. The summed E-state index contributed by atoms with van der Waals surface area (Å²) in [6, 6.07) is 18.2. The highest BCUT2D eigenvalue weighted by molar-refractivity contribution is 6.37. The molecule has 0 saturated heterocycles. The van der Waals surface area contributed by atoms with E-state index in [-0.39, 0.29) is 26.3 Å². The van der Waals surface area contributed by atoms with Gasteiger partial charge in [-0.15, -0.1) is 0 Å². The summed E-state index contributed by atoms with van der Waals surface area (Å²) in [4.78, 5) is 30.8. The molecule has 6 N–H and O–H groups in total. The van der Waals surface area contributed by atoms with E-state index in [0.29, 0.717) is 46.7 Å². The summed E-state index contributed by atoms with van der Waals surface area (Å²) in [5.74, 6) is 0.496. The Morgan fingerprint density at radius 2 is 1.07 bits per heavy atom. The third-order valence-electron chi connectivity index (χ3n) is 6.64. The molecule has 242 valence electrons. The molecule has 2 aromatic heterocycles. The van der Waals surface area contributed by atoms with Crippen LogP contribution in [0.25, 0.3) is 11.1 Å². The Labute approximate surface area is 276 Å². The van der Waals surface area contributed by atoms with Gasteiger partial charge in [0.1, 0.15) is 13.2 Å². The van der Waals surface area contributed by atoms with E-state index in [1.807, 2.05) is 36.4 Å². The van der Waals surface area contributed by atoms with Crippen molar-refractivity contribution in [3.8, 4) is 34.6 Å². The summed E-state index contributed by atoms with van der Waals surface area (Å²) in [5, 5.41) is 6.82. The molecule has 0 aliphatic heterocycles. The Hall–Kier alpha value is -4.62. The molecule has 12 nitrogen and oxygen atoms in total. The molecule has 4 aromatic rings. The standard InChI is InChI=1S/C32H34Cl2N6O6/c1-43-31-19(13-37-15-25(35)41)9-11-27(39-31)45-17-21-5-3-7-23(29(21)33)24-8-4-6-22(30(24)34)18-46-28-12-10-20(32(40-28)44-2)14-38-16-26(36)42/h3-12,37-38H,13-18H2,1-2H3,(H2,35,41)(H2,36,42). The maximum Gasteiger partial charge on any atom is 0.231 e. The van der Waals surface area contributed by atoms with Crippen molar-refractivity contribution in [1.82, 2.24) is 20.6 Å². The smallest absolute Gasteiger partial charge is 0.231 e. The third kappa shape index (κ3) is 9.21. The number of pyridine rings is 2. The highest BCUT2D eigenvalue weighted by atomic mass is 35.5. The van der Waals surface area contributed by atoms with Crippen LogP contribution in [0.2, 0.25) is 10.0 Å². The molecule has 2 aromatic carbocycles. The van der Waals surface area contributed by atoms with Gasteiger partial charge in [-0.2, -0.15) is 9.97 Å². The quantitative estimate of drug-likeness (QED) is 0.130. The average molecular weight is 670 g/mol. The van der Waals surface area contributed by atoms with Crippen molar-refractivity contribution in [1.29, 1.82) is 0 Å². The second kappa shape index (κ2) is 16.6. The number of benzene rings is 2. The SMILES string of the molecule is COc1nc(OCc2cccc(-c3cccc(COc4ccc(CNCC(N)=O)c(OC)n4)c3Cl)c2Cl)ccc1CNCC(N)=O. The van der Waals surface area contributed by atoms with Gasteiger partial charge in [0.25, 0.3) is 0 Å². The number of nitrogens with one attached hydrogen (secondary N) is 2. The van der Waals surface area contributed by atoms with Crippen LogP contribution in [0.4, 0.5) is 0 Å². The van der Waals surface area contributed by atoms with Crippen molar-refractivity contribution in [2.75, 3.05) is 27.3 Å². The van der Waals surface area contributed by atoms with Crippen LogP contribution >= 0.6 is 23.2 Å². The largest absolute Gasteiger partial charge is 0.481 e. The van der Waals surface area contributed by atoms with Gasteiger partial charge < -0.3 is 41.0 Å². The minimum absolute atomic E-state index is 0.0380. The van der Waals surface area contributed by atoms with Crippen LogP contribution in [0.15, 0.2) is 60.7 Å². The van der Waals surface area contributed by atoms with Crippen LogP contribution in [0.5, 0.6) is 23.5 Å². The molecule has 0 fully saturated rings. The normalized spacial score (nSPS) is 10.8. The fourth-order valence-corrected chi connectivity index (χ4v) is 5.00. The first kappa shape index (κ1) is 34.3. The number of hydrogen-bond acceptors (Lipinski definition) is 10. The molecule has 0 aliphatic carbocycles. The van der Waals surface area contributed by atoms with Gasteiger partial charge in [0.2, 0.25) is 35.3 Å². The van der Waals surface area contributed by atoms with Gasteiger partial charge in [0, 0.05) is 58.6 Å². The molecule has 0 saturated carbocycles. The number of nitrogens with zero attached hydrogens (tertiary/aromatic N) is 2. The highest BCUT2D eigenvalue weighted by Crippen LogP contribution is 2.37. The lowest BCUT2D eigenvalue weighted by Gasteiger charge is -2.15. The third-order valence-corrected chi connectivity index (χ3v) is 7.53. The van der Waals surface area contributed by atoms with Gasteiger partial charge in [-0.3, -0.25) is 9.59 Å². The number of amides is 2. The summed E-state index contributed by atoms with van der Waals surface area (Å²) in [5.41, 5.74) is 14.8. The number of methoxy groups -OCH3 is 2. The maximum atomic E-state index is 11.0. The van der Waals surface area contributed by atoms with Crippen LogP contribution in [-0.4, -0.2) is 49.1 Å². The van der Waals surface area contributed by atoms with E-state index >= 15 is 0 Å². The monoisotopic (exact) mass is 668 g/mol. The first-order valence-electron chi connectivity index (χ1n) is 14.1. The number of aromatic nitrogens is 2. The highest BCUT2D eigenvalue weighted by Gasteiger charge is 2.16. The maximum absolute atomic E-state index is 11.0. The molecule has 0 radical (unpaired) electrons. The second-order valence-corrected chi connectivity index (χ2v) is 10.7. The number of carbonyl (C=O) groups is 2. The number of ether oxygens (including phenoxy) is 4. The van der Waals surface area contributed by atoms with E-state index in [2.05, 4.69) is 20.6 Å². The van der Waals surface area contributed by atoms with Crippen molar-refractivity contribution >= 4 is 35.0 Å². The number of carbonyl (C=O) groups excluding carboxylic acids is 2. The van der Waals surface area contributed by atoms with E-state index in [0.717, 1.165) is 33.4 Å². The van der Waals surface area contributed by atoms with Crippen molar-refractivity contribution in [3.63, 3.8) is 0 Å². The molecular formula is C32H34Cl2N6O6. The van der Waals surface area contributed by atoms with E-state index in [4.69, 9.17) is 53.6 Å². The zero-order valence-electron chi connectivity index (χ0n) is 25.3. The summed E-state index contributed by atoms with van der Waals surface area (Å²) in [6.07, 6.45) is 0. The van der Waals surface area contributed by atoms with E-state index in [1.54, 1.807) is 24.3 Å². The number of rotatable bonds is 17. The Balaban J connectivity index is 1.44. The zero-order valence-corrected chi connectivity index (χ0v) is 26.8. The molecule has 0 atom stereocenters. The first-order valence-corrected chi connectivity index (χ1v) is 14.8. The first-order chi connectivity index (χ1) is 22.2. The van der Waals surface area contributed by atoms with Crippen molar-refractivity contribution in [2.45, 2.75) is 26.3 Å².